The van der Waals surface area contributed by atoms with E-state index in [0.717, 1.165) is 0 Å². The van der Waals surface area contributed by atoms with Gasteiger partial charge in [0.2, 0.25) is 0 Å². The molecular weight excluding hydrogens is 361 g/mol. The average molecular weight is 372 g/mol. The maximum atomic E-state index is 12.5. The summed E-state index contributed by atoms with van der Waals surface area (Å²) in [6, 6.07) is 4.63. The van der Waals surface area contributed by atoms with E-state index in [4.69, 9.17) is 23.2 Å². The Balaban J connectivity index is 1.91. The molecule has 9 heteroatoms. The number of halogens is 2. The van der Waals surface area contributed by atoms with Crippen LogP contribution in [0.3, 0.4) is 0 Å². The third-order valence-corrected chi connectivity index (χ3v) is 4.81. The van der Waals surface area contributed by atoms with E-state index in [1.165, 1.54) is 6.08 Å². The summed E-state index contributed by atoms with van der Waals surface area (Å²) in [5.41, 5.74) is 0.570. The van der Waals surface area contributed by atoms with Gasteiger partial charge >= 0.3 is 0 Å². The van der Waals surface area contributed by atoms with Crippen molar-refractivity contribution in [1.29, 1.82) is 0 Å². The van der Waals surface area contributed by atoms with Crippen molar-refractivity contribution in [3.63, 3.8) is 0 Å². The van der Waals surface area contributed by atoms with Gasteiger partial charge in [-0.25, -0.2) is 8.42 Å². The van der Waals surface area contributed by atoms with Crippen molar-refractivity contribution in [2.45, 2.75) is 0 Å². The van der Waals surface area contributed by atoms with E-state index in [-0.39, 0.29) is 23.7 Å². The summed E-state index contributed by atoms with van der Waals surface area (Å²) in [4.78, 5) is 14.1. The van der Waals surface area contributed by atoms with E-state index < -0.39 is 15.9 Å². The van der Waals surface area contributed by atoms with Crippen molar-refractivity contribution in [2.75, 3.05) is 17.6 Å². The number of hydrogen-bond acceptors (Lipinski definition) is 4. The minimum absolute atomic E-state index is 0.0837. The number of amidine groups is 1. The van der Waals surface area contributed by atoms with Crippen molar-refractivity contribution < 1.29 is 13.2 Å². The Morgan fingerprint density at radius 3 is 2.61 bits per heavy atom. The summed E-state index contributed by atoms with van der Waals surface area (Å²) in [5, 5.41) is 3.40. The van der Waals surface area contributed by atoms with Gasteiger partial charge in [0.05, 0.1) is 11.3 Å². The molecule has 3 rings (SSSR count). The van der Waals surface area contributed by atoms with E-state index in [0.29, 0.717) is 15.7 Å². The standard InChI is InChI=1S/C14H11Cl2N3O3S/c15-9-6-10(16)8-11(7-9)17-14(20)12-2-1-3-19-4-5-23(21,22)18-13(12)19/h1-3,6-8H,4-5H2,(H,17,20). The molecule has 120 valence electrons. The summed E-state index contributed by atoms with van der Waals surface area (Å²) in [5.74, 6) is -0.461. The Morgan fingerprint density at radius 2 is 1.91 bits per heavy atom. The Kier molecular flexibility index (Phi) is 4.18. The van der Waals surface area contributed by atoms with Gasteiger partial charge in [-0.1, -0.05) is 23.2 Å². The monoisotopic (exact) mass is 371 g/mol. The second-order valence-corrected chi connectivity index (χ2v) is 7.56. The molecular formula is C14H11Cl2N3O3S. The zero-order chi connectivity index (χ0) is 16.6. The Morgan fingerprint density at radius 1 is 1.22 bits per heavy atom. The van der Waals surface area contributed by atoms with Crippen molar-refractivity contribution in [3.05, 3.63) is 52.2 Å². The molecule has 0 atom stereocenters. The second kappa shape index (κ2) is 5.99. The van der Waals surface area contributed by atoms with E-state index in [1.54, 1.807) is 35.4 Å². The molecule has 0 aliphatic carbocycles. The summed E-state index contributed by atoms with van der Waals surface area (Å²) in [6.45, 7) is 0.255. The van der Waals surface area contributed by atoms with Gasteiger partial charge in [-0.3, -0.25) is 4.79 Å². The van der Waals surface area contributed by atoms with Crippen LogP contribution in [0.1, 0.15) is 0 Å². The molecule has 0 spiro atoms. The fraction of sp³-hybridized carbons (Fsp3) is 0.143. The highest BCUT2D eigenvalue weighted by Gasteiger charge is 2.29. The molecule has 2 heterocycles. The third kappa shape index (κ3) is 3.57. The first-order valence-corrected chi connectivity index (χ1v) is 8.96. The normalized spacial score (nSPS) is 18.8. The number of carbonyl (C=O) groups is 1. The minimum atomic E-state index is -3.56. The summed E-state index contributed by atoms with van der Waals surface area (Å²) in [6.07, 6.45) is 4.86. The number of nitrogens with one attached hydrogen (secondary N) is 1. The van der Waals surface area contributed by atoms with Crippen LogP contribution in [-0.2, 0) is 14.8 Å². The number of rotatable bonds is 2. The molecule has 0 aromatic heterocycles. The van der Waals surface area contributed by atoms with Gasteiger partial charge in [-0.05, 0) is 30.4 Å². The molecule has 0 saturated heterocycles. The van der Waals surface area contributed by atoms with Crippen LogP contribution in [0.4, 0.5) is 5.69 Å². The lowest BCUT2D eigenvalue weighted by Gasteiger charge is -2.28. The summed E-state index contributed by atoms with van der Waals surface area (Å²) in [7, 11) is -3.56. The molecule has 0 bridgehead atoms. The van der Waals surface area contributed by atoms with E-state index in [9.17, 15) is 13.2 Å². The highest BCUT2D eigenvalue weighted by molar-refractivity contribution is 7.90. The molecule has 0 unspecified atom stereocenters. The lowest BCUT2D eigenvalue weighted by molar-refractivity contribution is -0.112. The number of sulfonamides is 1. The first-order chi connectivity index (χ1) is 10.8. The number of anilines is 1. The predicted octanol–water partition coefficient (Wildman–Crippen LogP) is 2.43. The van der Waals surface area contributed by atoms with E-state index in [1.807, 2.05) is 0 Å². The third-order valence-electron chi connectivity index (χ3n) is 3.22. The first kappa shape index (κ1) is 16.0. The van der Waals surface area contributed by atoms with Crippen LogP contribution >= 0.6 is 23.2 Å². The van der Waals surface area contributed by atoms with Gasteiger partial charge < -0.3 is 10.2 Å². The molecule has 23 heavy (non-hydrogen) atoms. The SMILES string of the molecule is O=C(Nc1cc(Cl)cc(Cl)c1)C1=CC=CN2CCS(=O)(=O)N=C12. The molecule has 1 N–H and O–H groups in total. The maximum absolute atomic E-state index is 12.5. The van der Waals surface area contributed by atoms with Crippen LogP contribution in [0.5, 0.6) is 0 Å². The Labute approximate surface area is 143 Å². The maximum Gasteiger partial charge on any atom is 0.259 e. The summed E-state index contributed by atoms with van der Waals surface area (Å²) >= 11 is 11.8. The second-order valence-electron chi connectivity index (χ2n) is 4.93. The average Bonchev–Trinajstić information content (AvgIpc) is 2.44. The molecule has 2 aliphatic rings. The number of benzene rings is 1. The Bertz CT molecular complexity index is 855. The molecule has 0 saturated carbocycles. The van der Waals surface area contributed by atoms with Crippen LogP contribution in [0, 0.1) is 0 Å². The number of amides is 1. The van der Waals surface area contributed by atoms with Gasteiger partial charge in [0.25, 0.3) is 15.9 Å². The van der Waals surface area contributed by atoms with Crippen molar-refractivity contribution in [1.82, 2.24) is 4.90 Å². The van der Waals surface area contributed by atoms with E-state index >= 15 is 0 Å². The smallest absolute Gasteiger partial charge is 0.259 e. The van der Waals surface area contributed by atoms with Crippen LogP contribution in [-0.4, -0.2) is 37.4 Å². The van der Waals surface area contributed by atoms with Crippen molar-refractivity contribution in [3.8, 4) is 0 Å². The van der Waals surface area contributed by atoms with Gasteiger partial charge in [0, 0.05) is 28.5 Å². The van der Waals surface area contributed by atoms with Gasteiger partial charge in [-0.15, -0.1) is 4.40 Å². The Hall–Kier alpha value is -1.83. The molecule has 6 nitrogen and oxygen atoms in total. The molecule has 1 amide bonds. The quantitative estimate of drug-likeness (QED) is 0.865. The minimum Gasteiger partial charge on any atom is -0.331 e. The number of carbonyl (C=O) groups excluding carboxylic acids is 1. The van der Waals surface area contributed by atoms with Crippen molar-refractivity contribution in [2.24, 2.45) is 4.40 Å². The molecule has 0 fully saturated rings. The number of fused-ring (bicyclic) bond motifs is 1. The highest BCUT2D eigenvalue weighted by atomic mass is 35.5. The number of hydrogen-bond donors (Lipinski definition) is 1. The van der Waals surface area contributed by atoms with Gasteiger partial charge in [-0.2, -0.15) is 0 Å². The largest absolute Gasteiger partial charge is 0.331 e. The van der Waals surface area contributed by atoms with Crippen LogP contribution < -0.4 is 5.32 Å². The lowest BCUT2D eigenvalue weighted by atomic mass is 10.1. The first-order valence-electron chi connectivity index (χ1n) is 6.60. The number of allylic oxidation sites excluding steroid dienone is 2. The van der Waals surface area contributed by atoms with Crippen molar-refractivity contribution >= 4 is 50.7 Å². The van der Waals surface area contributed by atoms with Crippen LogP contribution in [0.15, 0.2) is 46.5 Å². The van der Waals surface area contributed by atoms with Gasteiger partial charge in [0.15, 0.2) is 5.84 Å². The highest BCUT2D eigenvalue weighted by Crippen LogP contribution is 2.24. The summed E-state index contributed by atoms with van der Waals surface area (Å²) < 4.78 is 27.1. The van der Waals surface area contributed by atoms with Crippen LogP contribution in [0.25, 0.3) is 0 Å². The number of nitrogens with zero attached hydrogens (tertiary/aromatic N) is 2. The molecule has 1 aromatic carbocycles. The van der Waals surface area contributed by atoms with Crippen LogP contribution in [0.2, 0.25) is 10.0 Å². The zero-order valence-corrected chi connectivity index (χ0v) is 14.0. The molecule has 0 radical (unpaired) electrons. The van der Waals surface area contributed by atoms with Gasteiger partial charge in [0.1, 0.15) is 0 Å². The molecule has 2 aliphatic heterocycles. The topological polar surface area (TPSA) is 78.8 Å². The zero-order valence-electron chi connectivity index (χ0n) is 11.7. The molecule has 1 aromatic rings. The lowest BCUT2D eigenvalue weighted by Crippen LogP contribution is -2.40. The fourth-order valence-corrected chi connectivity index (χ4v) is 3.73. The predicted molar refractivity (Wildman–Crippen MR) is 90.2 cm³/mol. The van der Waals surface area contributed by atoms with E-state index in [2.05, 4.69) is 9.71 Å². The fourth-order valence-electron chi connectivity index (χ4n) is 2.22.